The van der Waals surface area contributed by atoms with Crippen LogP contribution in [0.25, 0.3) is 32.9 Å². The smallest absolute Gasteiger partial charge is 0.259 e. The Kier molecular flexibility index (Phi) is 7.21. The van der Waals surface area contributed by atoms with Crippen LogP contribution in [0.5, 0.6) is 5.75 Å². The summed E-state index contributed by atoms with van der Waals surface area (Å²) in [5.74, 6) is 0.206. The van der Waals surface area contributed by atoms with Gasteiger partial charge in [0.05, 0.1) is 27.1 Å². The van der Waals surface area contributed by atoms with Gasteiger partial charge in [-0.3, -0.25) is 14.9 Å². The van der Waals surface area contributed by atoms with Gasteiger partial charge < -0.3 is 14.6 Å². The lowest BCUT2D eigenvalue weighted by molar-refractivity contribution is 0.0880. The van der Waals surface area contributed by atoms with Crippen LogP contribution >= 0.6 is 23.4 Å². The van der Waals surface area contributed by atoms with E-state index < -0.39 is 11.8 Å². The number of imide groups is 1. The summed E-state index contributed by atoms with van der Waals surface area (Å²) in [6.07, 6.45) is 2.17. The molecule has 6 nitrogen and oxygen atoms in total. The van der Waals surface area contributed by atoms with Crippen LogP contribution in [-0.2, 0) is 7.05 Å². The summed E-state index contributed by atoms with van der Waals surface area (Å²) in [5.41, 5.74) is 3.66. The summed E-state index contributed by atoms with van der Waals surface area (Å²) in [7, 11) is 1.94. The number of carbonyl (C=O) groups excluding carboxylic acids is 2. The molecule has 4 aromatic rings. The molecule has 0 atom stereocenters. The zero-order valence-corrected chi connectivity index (χ0v) is 22.8. The number of fused-ring (bicyclic) bond motifs is 5. The fourth-order valence-corrected chi connectivity index (χ4v) is 6.42. The van der Waals surface area contributed by atoms with Crippen molar-refractivity contribution in [2.75, 3.05) is 25.4 Å². The molecule has 1 aliphatic heterocycles. The van der Waals surface area contributed by atoms with Crippen molar-refractivity contribution in [3.63, 3.8) is 0 Å². The number of carbonyl (C=O) groups is 2. The van der Waals surface area contributed by atoms with Crippen LogP contribution in [0, 0.1) is 0 Å². The van der Waals surface area contributed by atoms with Crippen molar-refractivity contribution in [1.82, 2.24) is 14.8 Å². The lowest BCUT2D eigenvalue weighted by Crippen LogP contribution is -2.25. The third-order valence-corrected chi connectivity index (χ3v) is 8.54. The van der Waals surface area contributed by atoms with E-state index in [4.69, 9.17) is 11.6 Å². The maximum absolute atomic E-state index is 13.0. The number of aromatic nitrogens is 1. The number of benzene rings is 3. The van der Waals surface area contributed by atoms with Crippen molar-refractivity contribution in [1.29, 1.82) is 0 Å². The molecule has 0 aliphatic carbocycles. The van der Waals surface area contributed by atoms with E-state index in [-0.39, 0.29) is 5.75 Å². The molecule has 0 bridgehead atoms. The largest absolute Gasteiger partial charge is 0.507 e. The third kappa shape index (κ3) is 4.49. The Morgan fingerprint density at radius 3 is 2.49 bits per heavy atom. The van der Waals surface area contributed by atoms with Gasteiger partial charge >= 0.3 is 0 Å². The van der Waals surface area contributed by atoms with Gasteiger partial charge in [-0.15, -0.1) is 11.8 Å². The lowest BCUT2D eigenvalue weighted by Gasteiger charge is -2.19. The second kappa shape index (κ2) is 10.4. The Bertz CT molecular complexity index is 1550. The first-order valence-electron chi connectivity index (χ1n) is 12.6. The molecule has 192 valence electrons. The Morgan fingerprint density at radius 2 is 1.76 bits per heavy atom. The third-order valence-electron chi connectivity index (χ3n) is 7.08. The number of amides is 2. The van der Waals surface area contributed by atoms with Gasteiger partial charge in [-0.1, -0.05) is 43.6 Å². The Hall–Kier alpha value is -3.00. The van der Waals surface area contributed by atoms with Crippen LogP contribution in [0.4, 0.5) is 0 Å². The quantitative estimate of drug-likeness (QED) is 0.146. The average Bonchev–Trinajstić information content (AvgIpc) is 3.33. The predicted molar refractivity (Wildman–Crippen MR) is 152 cm³/mol. The second-order valence-corrected chi connectivity index (χ2v) is 10.9. The number of hydrogen-bond acceptors (Lipinski definition) is 5. The van der Waals surface area contributed by atoms with E-state index in [2.05, 4.69) is 24.1 Å². The van der Waals surface area contributed by atoms with E-state index in [0.717, 1.165) is 59.5 Å². The lowest BCUT2D eigenvalue weighted by atomic mass is 9.93. The normalized spacial score (nSPS) is 13.2. The van der Waals surface area contributed by atoms with Gasteiger partial charge in [0.1, 0.15) is 5.75 Å². The van der Waals surface area contributed by atoms with Crippen molar-refractivity contribution in [3.05, 3.63) is 58.6 Å². The van der Waals surface area contributed by atoms with Gasteiger partial charge in [0.15, 0.2) is 0 Å². The van der Waals surface area contributed by atoms with Gasteiger partial charge in [-0.25, -0.2) is 0 Å². The Morgan fingerprint density at radius 1 is 1.00 bits per heavy atom. The Balaban J connectivity index is 1.60. The molecule has 0 radical (unpaired) electrons. The van der Waals surface area contributed by atoms with E-state index in [1.165, 1.54) is 0 Å². The Labute approximate surface area is 225 Å². The molecule has 0 fully saturated rings. The molecule has 0 saturated carbocycles. The molecule has 3 aromatic carbocycles. The van der Waals surface area contributed by atoms with Crippen LogP contribution < -0.4 is 5.32 Å². The van der Waals surface area contributed by atoms with Gasteiger partial charge in [0.25, 0.3) is 11.8 Å². The summed E-state index contributed by atoms with van der Waals surface area (Å²) in [5, 5.41) is 15.3. The molecule has 5 rings (SSSR count). The van der Waals surface area contributed by atoms with Crippen molar-refractivity contribution in [3.8, 4) is 16.9 Å². The number of hydrogen-bond donors (Lipinski definition) is 2. The monoisotopic (exact) mass is 535 g/mol. The molecule has 8 heteroatoms. The number of nitrogens with one attached hydrogen (secondary N) is 1. The van der Waals surface area contributed by atoms with Crippen LogP contribution in [0.1, 0.15) is 47.4 Å². The number of aryl methyl sites for hydroxylation is 1. The first-order valence-corrected chi connectivity index (χ1v) is 14.0. The average molecular weight is 536 g/mol. The number of nitrogens with zero attached hydrogens (tertiary/aromatic N) is 2. The van der Waals surface area contributed by atoms with Crippen molar-refractivity contribution < 1.29 is 14.7 Å². The predicted octanol–water partition coefficient (Wildman–Crippen LogP) is 6.46. The molecule has 2 heterocycles. The van der Waals surface area contributed by atoms with Crippen LogP contribution in [0.3, 0.4) is 0 Å². The molecule has 0 spiro atoms. The summed E-state index contributed by atoms with van der Waals surface area (Å²) in [6.45, 7) is 7.56. The number of rotatable bonds is 9. The number of halogens is 1. The highest BCUT2D eigenvalue weighted by Crippen LogP contribution is 2.44. The van der Waals surface area contributed by atoms with Gasteiger partial charge in [-0.05, 0) is 68.1 Å². The molecule has 37 heavy (non-hydrogen) atoms. The fraction of sp³-hybridized carbons (Fsp3) is 0.310. The highest BCUT2D eigenvalue weighted by Gasteiger charge is 2.34. The number of thioether (sulfide) groups is 1. The van der Waals surface area contributed by atoms with E-state index >= 15 is 0 Å². The van der Waals surface area contributed by atoms with Crippen LogP contribution in [-0.4, -0.2) is 51.8 Å². The SMILES string of the molecule is CCCN(CC)CCCSc1cc2c(cc1O)c1c3c(c(-c4ccccc4Cl)cc1n2C)C(=O)NC3=O. The van der Waals surface area contributed by atoms with Gasteiger partial charge in [-0.2, -0.15) is 0 Å². The number of phenols is 1. The van der Waals surface area contributed by atoms with Crippen molar-refractivity contribution in [2.45, 2.75) is 31.6 Å². The van der Waals surface area contributed by atoms with Crippen molar-refractivity contribution >= 4 is 57.0 Å². The molecule has 0 unspecified atom stereocenters. The first-order chi connectivity index (χ1) is 17.8. The summed E-state index contributed by atoms with van der Waals surface area (Å²) in [6, 6.07) is 12.9. The maximum atomic E-state index is 13.0. The molecule has 1 aromatic heterocycles. The molecule has 2 amide bonds. The number of aromatic hydroxyl groups is 1. The van der Waals surface area contributed by atoms with E-state index in [1.807, 2.05) is 41.9 Å². The summed E-state index contributed by atoms with van der Waals surface area (Å²) >= 11 is 8.14. The topological polar surface area (TPSA) is 74.6 Å². The zero-order chi connectivity index (χ0) is 26.3. The highest BCUT2D eigenvalue weighted by molar-refractivity contribution is 7.99. The minimum Gasteiger partial charge on any atom is -0.507 e. The standard InChI is InChI=1S/C29H30ClN3O3S/c1-4-11-33(5-2)12-8-13-37-24-16-21-19(15-23(24)34)25-22(32(21)3)14-18(17-9-6-7-10-20(17)30)26-27(25)29(36)31-28(26)35/h6-7,9-10,14-16,34H,4-5,8,11-13H2,1-3H3,(H,31,35,36). The van der Waals surface area contributed by atoms with E-state index in [0.29, 0.717) is 32.7 Å². The second-order valence-electron chi connectivity index (χ2n) is 9.36. The summed E-state index contributed by atoms with van der Waals surface area (Å²) in [4.78, 5) is 29.2. The molecule has 1 aliphatic rings. The minimum absolute atomic E-state index is 0.180. The van der Waals surface area contributed by atoms with Gasteiger partial charge in [0.2, 0.25) is 0 Å². The zero-order valence-electron chi connectivity index (χ0n) is 21.2. The molecular weight excluding hydrogens is 506 g/mol. The van der Waals surface area contributed by atoms with Gasteiger partial charge in [0, 0.05) is 28.4 Å². The highest BCUT2D eigenvalue weighted by atomic mass is 35.5. The molecule has 2 N–H and O–H groups in total. The molecular formula is C29H30ClN3O3S. The fourth-order valence-electron chi connectivity index (χ4n) is 5.28. The van der Waals surface area contributed by atoms with Crippen LogP contribution in [0.2, 0.25) is 5.02 Å². The van der Waals surface area contributed by atoms with E-state index in [9.17, 15) is 14.7 Å². The molecule has 0 saturated heterocycles. The number of phenolic OH excluding ortho intramolecular Hbond substituents is 1. The van der Waals surface area contributed by atoms with Crippen molar-refractivity contribution in [2.24, 2.45) is 7.05 Å². The van der Waals surface area contributed by atoms with Crippen LogP contribution in [0.15, 0.2) is 47.4 Å². The van der Waals surface area contributed by atoms with E-state index in [1.54, 1.807) is 23.9 Å². The summed E-state index contributed by atoms with van der Waals surface area (Å²) < 4.78 is 2.02. The maximum Gasteiger partial charge on any atom is 0.259 e. The minimum atomic E-state index is -0.436. The first kappa shape index (κ1) is 25.6.